The summed E-state index contributed by atoms with van der Waals surface area (Å²) in [6.45, 7) is 0. The summed E-state index contributed by atoms with van der Waals surface area (Å²) in [4.78, 5) is 18.6. The van der Waals surface area contributed by atoms with Gasteiger partial charge in [0.15, 0.2) is 5.69 Å². The van der Waals surface area contributed by atoms with E-state index in [0.29, 0.717) is 0 Å². The van der Waals surface area contributed by atoms with Crippen molar-refractivity contribution >= 4 is 17.7 Å². The standard InChI is InChI=1S/C8H8N2O2S/c11-8(12)7-5-3-13-2-1-6(5)9-4-10-7/h4H,1-3H2,(H,11,12). The molecule has 2 rings (SSSR count). The third-order valence-corrected chi connectivity index (χ3v) is 2.95. The SMILES string of the molecule is O=C(O)c1ncnc2c1CSCC2. The molecule has 1 aliphatic rings. The zero-order valence-corrected chi connectivity index (χ0v) is 7.67. The van der Waals surface area contributed by atoms with Gasteiger partial charge in [-0.15, -0.1) is 0 Å². The van der Waals surface area contributed by atoms with E-state index in [-0.39, 0.29) is 5.69 Å². The van der Waals surface area contributed by atoms with Gasteiger partial charge in [0.2, 0.25) is 0 Å². The lowest BCUT2D eigenvalue weighted by Crippen LogP contribution is -2.13. The Morgan fingerprint density at radius 3 is 3.15 bits per heavy atom. The van der Waals surface area contributed by atoms with Crippen LogP contribution in [0.25, 0.3) is 0 Å². The molecule has 2 heterocycles. The highest BCUT2D eigenvalue weighted by Crippen LogP contribution is 2.24. The summed E-state index contributed by atoms with van der Waals surface area (Å²) < 4.78 is 0. The van der Waals surface area contributed by atoms with Crippen LogP contribution in [0.15, 0.2) is 6.33 Å². The minimum atomic E-state index is -0.957. The van der Waals surface area contributed by atoms with Gasteiger partial charge >= 0.3 is 5.97 Å². The van der Waals surface area contributed by atoms with Crippen LogP contribution in [0.4, 0.5) is 0 Å². The van der Waals surface area contributed by atoms with Crippen LogP contribution in [0.1, 0.15) is 21.7 Å². The molecule has 0 saturated carbocycles. The maximum Gasteiger partial charge on any atom is 0.354 e. The van der Waals surface area contributed by atoms with Crippen molar-refractivity contribution in [2.24, 2.45) is 0 Å². The minimum absolute atomic E-state index is 0.164. The predicted octanol–water partition coefficient (Wildman–Crippen LogP) is 0.964. The Bertz CT molecular complexity index is 354. The molecule has 0 unspecified atom stereocenters. The van der Waals surface area contributed by atoms with Crippen LogP contribution in [0.3, 0.4) is 0 Å². The van der Waals surface area contributed by atoms with Crippen LogP contribution >= 0.6 is 11.8 Å². The number of thioether (sulfide) groups is 1. The van der Waals surface area contributed by atoms with Gasteiger partial charge in [0.1, 0.15) is 6.33 Å². The summed E-state index contributed by atoms with van der Waals surface area (Å²) in [5.74, 6) is 0.780. The van der Waals surface area contributed by atoms with Crippen molar-refractivity contribution in [2.45, 2.75) is 12.2 Å². The molecule has 0 atom stereocenters. The first-order valence-electron chi connectivity index (χ1n) is 3.93. The van der Waals surface area contributed by atoms with E-state index in [0.717, 1.165) is 29.2 Å². The minimum Gasteiger partial charge on any atom is -0.476 e. The van der Waals surface area contributed by atoms with E-state index < -0.39 is 5.97 Å². The van der Waals surface area contributed by atoms with Crippen LogP contribution in [0, 0.1) is 0 Å². The molecule has 0 saturated heterocycles. The van der Waals surface area contributed by atoms with Crippen molar-refractivity contribution in [3.05, 3.63) is 23.3 Å². The molecule has 0 radical (unpaired) electrons. The fourth-order valence-electron chi connectivity index (χ4n) is 1.34. The summed E-state index contributed by atoms with van der Waals surface area (Å²) >= 11 is 1.73. The van der Waals surface area contributed by atoms with Crippen molar-refractivity contribution in [2.75, 3.05) is 5.75 Å². The van der Waals surface area contributed by atoms with E-state index >= 15 is 0 Å². The first-order chi connectivity index (χ1) is 6.29. The van der Waals surface area contributed by atoms with Crippen LogP contribution in [-0.4, -0.2) is 26.8 Å². The van der Waals surface area contributed by atoms with Crippen molar-refractivity contribution in [1.82, 2.24) is 9.97 Å². The molecular formula is C8H8N2O2S. The molecule has 0 fully saturated rings. The predicted molar refractivity (Wildman–Crippen MR) is 48.9 cm³/mol. The van der Waals surface area contributed by atoms with Gasteiger partial charge in [-0.25, -0.2) is 14.8 Å². The van der Waals surface area contributed by atoms with Gasteiger partial charge in [-0.1, -0.05) is 0 Å². The summed E-state index contributed by atoms with van der Waals surface area (Å²) in [6, 6.07) is 0. The van der Waals surface area contributed by atoms with Crippen LogP contribution in [-0.2, 0) is 12.2 Å². The Hall–Kier alpha value is -1.10. The number of rotatable bonds is 1. The van der Waals surface area contributed by atoms with Gasteiger partial charge < -0.3 is 5.11 Å². The number of carboxylic acids is 1. The number of fused-ring (bicyclic) bond motifs is 1. The fourth-order valence-corrected chi connectivity index (χ4v) is 2.33. The summed E-state index contributed by atoms with van der Waals surface area (Å²) in [7, 11) is 0. The molecule has 1 aromatic heterocycles. The smallest absolute Gasteiger partial charge is 0.354 e. The Balaban J connectivity index is 2.52. The lowest BCUT2D eigenvalue weighted by molar-refractivity contribution is 0.0689. The molecule has 1 aliphatic heterocycles. The average molecular weight is 196 g/mol. The third-order valence-electron chi connectivity index (χ3n) is 1.97. The Labute approximate surface area is 79.4 Å². The van der Waals surface area contributed by atoms with E-state index in [1.807, 2.05) is 0 Å². The van der Waals surface area contributed by atoms with Gasteiger partial charge in [-0.2, -0.15) is 11.8 Å². The molecule has 1 aromatic rings. The molecular weight excluding hydrogens is 188 g/mol. The number of aromatic nitrogens is 2. The zero-order chi connectivity index (χ0) is 9.26. The monoisotopic (exact) mass is 196 g/mol. The van der Waals surface area contributed by atoms with Gasteiger partial charge in [0.05, 0.1) is 0 Å². The highest BCUT2D eigenvalue weighted by molar-refractivity contribution is 7.98. The third kappa shape index (κ3) is 1.51. The molecule has 5 heteroatoms. The molecule has 1 N–H and O–H groups in total. The number of hydrogen-bond acceptors (Lipinski definition) is 4. The molecule has 13 heavy (non-hydrogen) atoms. The molecule has 0 aromatic carbocycles. The molecule has 4 nitrogen and oxygen atoms in total. The largest absolute Gasteiger partial charge is 0.476 e. The van der Waals surface area contributed by atoms with Crippen molar-refractivity contribution < 1.29 is 9.90 Å². The lowest BCUT2D eigenvalue weighted by Gasteiger charge is -2.14. The summed E-state index contributed by atoms with van der Waals surface area (Å²) in [5.41, 5.74) is 1.86. The van der Waals surface area contributed by atoms with Crippen molar-refractivity contribution in [3.8, 4) is 0 Å². The van der Waals surface area contributed by atoms with E-state index in [2.05, 4.69) is 9.97 Å². The highest BCUT2D eigenvalue weighted by atomic mass is 32.2. The quantitative estimate of drug-likeness (QED) is 0.725. The second-order valence-corrected chi connectivity index (χ2v) is 3.86. The summed E-state index contributed by atoms with van der Waals surface area (Å²) in [6.07, 6.45) is 2.18. The fraction of sp³-hybridized carbons (Fsp3) is 0.375. The van der Waals surface area contributed by atoms with Gasteiger partial charge in [0.25, 0.3) is 0 Å². The molecule has 0 amide bonds. The van der Waals surface area contributed by atoms with Gasteiger partial charge in [-0.05, 0) is 12.2 Å². The van der Waals surface area contributed by atoms with Crippen molar-refractivity contribution in [1.29, 1.82) is 0 Å². The second-order valence-electron chi connectivity index (χ2n) is 2.76. The molecule has 68 valence electrons. The average Bonchev–Trinajstić information content (AvgIpc) is 2.17. The Morgan fingerprint density at radius 2 is 2.38 bits per heavy atom. The molecule has 0 aliphatic carbocycles. The number of aromatic carboxylic acids is 1. The normalized spacial score (nSPS) is 15.1. The lowest BCUT2D eigenvalue weighted by atomic mass is 10.1. The van der Waals surface area contributed by atoms with E-state index in [4.69, 9.17) is 5.11 Å². The first kappa shape index (κ1) is 8.50. The van der Waals surface area contributed by atoms with E-state index in [1.54, 1.807) is 11.8 Å². The van der Waals surface area contributed by atoms with Crippen LogP contribution in [0.2, 0.25) is 0 Å². The van der Waals surface area contributed by atoms with Gasteiger partial charge in [-0.3, -0.25) is 0 Å². The Kier molecular flexibility index (Phi) is 2.18. The van der Waals surface area contributed by atoms with Crippen molar-refractivity contribution in [3.63, 3.8) is 0 Å². The zero-order valence-electron chi connectivity index (χ0n) is 6.86. The number of hydrogen-bond donors (Lipinski definition) is 1. The van der Waals surface area contributed by atoms with E-state index in [1.165, 1.54) is 6.33 Å². The second kappa shape index (κ2) is 3.33. The van der Waals surface area contributed by atoms with Crippen LogP contribution in [0.5, 0.6) is 0 Å². The number of nitrogens with zero attached hydrogens (tertiary/aromatic N) is 2. The van der Waals surface area contributed by atoms with Gasteiger partial charge in [0, 0.05) is 17.0 Å². The first-order valence-corrected chi connectivity index (χ1v) is 5.08. The topological polar surface area (TPSA) is 63.1 Å². The maximum atomic E-state index is 10.8. The maximum absolute atomic E-state index is 10.8. The number of aryl methyl sites for hydroxylation is 1. The van der Waals surface area contributed by atoms with Crippen LogP contribution < -0.4 is 0 Å². The molecule has 0 bridgehead atoms. The Morgan fingerprint density at radius 1 is 1.54 bits per heavy atom. The molecule has 0 spiro atoms. The highest BCUT2D eigenvalue weighted by Gasteiger charge is 2.19. The van der Waals surface area contributed by atoms with E-state index in [9.17, 15) is 4.79 Å². The number of carbonyl (C=O) groups is 1. The number of carboxylic acid groups (broad SMARTS) is 1. The summed E-state index contributed by atoms with van der Waals surface area (Å²) in [5, 5.41) is 8.84.